The van der Waals surface area contributed by atoms with Crippen molar-refractivity contribution < 1.29 is 5.11 Å². The molecule has 0 bridgehead atoms. The first-order valence-corrected chi connectivity index (χ1v) is 5.29. The van der Waals surface area contributed by atoms with E-state index in [0.29, 0.717) is 6.54 Å². The number of nitrogens with two attached hydrogens (primary N) is 1. The molecule has 14 heavy (non-hydrogen) atoms. The topological polar surface area (TPSA) is 59.1 Å². The summed E-state index contributed by atoms with van der Waals surface area (Å²) in [4.78, 5) is 4.07. The van der Waals surface area contributed by atoms with E-state index in [1.54, 1.807) is 12.4 Å². The quantitative estimate of drug-likeness (QED) is 0.857. The molecule has 0 aliphatic carbocycles. The Hall–Kier alpha value is -0.450. The molecule has 0 spiro atoms. The standard InChI is InChI=1S/C10H15BrN2O/c1-10(6-12,7-14)3-8-2-9(11)5-13-4-8/h2,4-5,14H,3,6-7,12H2,1H3. The van der Waals surface area contributed by atoms with Crippen LogP contribution < -0.4 is 5.73 Å². The van der Waals surface area contributed by atoms with E-state index in [2.05, 4.69) is 20.9 Å². The van der Waals surface area contributed by atoms with Gasteiger partial charge < -0.3 is 10.8 Å². The smallest absolute Gasteiger partial charge is 0.0500 e. The molecule has 0 radical (unpaired) electrons. The number of aromatic nitrogens is 1. The third-order valence-corrected chi connectivity index (χ3v) is 2.70. The van der Waals surface area contributed by atoms with E-state index in [0.717, 1.165) is 16.5 Å². The molecule has 0 aliphatic rings. The molecule has 1 aromatic rings. The first kappa shape index (κ1) is 11.6. The number of nitrogens with zero attached hydrogens (tertiary/aromatic N) is 1. The summed E-state index contributed by atoms with van der Waals surface area (Å²) >= 11 is 3.36. The summed E-state index contributed by atoms with van der Waals surface area (Å²) in [6.45, 7) is 2.53. The zero-order valence-corrected chi connectivity index (χ0v) is 9.79. The predicted molar refractivity (Wildman–Crippen MR) is 59.9 cm³/mol. The van der Waals surface area contributed by atoms with Gasteiger partial charge in [0.25, 0.3) is 0 Å². The minimum Gasteiger partial charge on any atom is -0.396 e. The van der Waals surface area contributed by atoms with E-state index >= 15 is 0 Å². The van der Waals surface area contributed by atoms with Crippen LogP contribution in [0.1, 0.15) is 12.5 Å². The maximum atomic E-state index is 9.20. The molecule has 0 saturated carbocycles. The maximum absolute atomic E-state index is 9.20. The molecular formula is C10H15BrN2O. The van der Waals surface area contributed by atoms with Crippen LogP contribution in [0, 0.1) is 5.41 Å². The maximum Gasteiger partial charge on any atom is 0.0500 e. The van der Waals surface area contributed by atoms with E-state index in [4.69, 9.17) is 5.73 Å². The number of aliphatic hydroxyl groups excluding tert-OH is 1. The van der Waals surface area contributed by atoms with Crippen molar-refractivity contribution in [2.24, 2.45) is 11.1 Å². The second kappa shape index (κ2) is 4.87. The van der Waals surface area contributed by atoms with Crippen molar-refractivity contribution in [1.82, 2.24) is 4.98 Å². The Morgan fingerprint density at radius 3 is 2.79 bits per heavy atom. The van der Waals surface area contributed by atoms with Crippen molar-refractivity contribution in [3.8, 4) is 0 Å². The molecule has 0 aliphatic heterocycles. The number of halogens is 1. The van der Waals surface area contributed by atoms with Crippen molar-refractivity contribution >= 4 is 15.9 Å². The molecule has 0 aromatic carbocycles. The average Bonchev–Trinajstić information content (AvgIpc) is 2.18. The highest BCUT2D eigenvalue weighted by atomic mass is 79.9. The predicted octanol–water partition coefficient (Wildman–Crippen LogP) is 1.34. The Labute approximate surface area is 92.5 Å². The van der Waals surface area contributed by atoms with Crippen LogP contribution in [-0.2, 0) is 6.42 Å². The van der Waals surface area contributed by atoms with Gasteiger partial charge in [-0.05, 0) is 34.0 Å². The van der Waals surface area contributed by atoms with Crippen LogP contribution in [0.2, 0.25) is 0 Å². The number of rotatable bonds is 4. The first-order valence-electron chi connectivity index (χ1n) is 4.50. The van der Waals surface area contributed by atoms with Crippen LogP contribution in [-0.4, -0.2) is 23.2 Å². The lowest BCUT2D eigenvalue weighted by Gasteiger charge is -2.25. The van der Waals surface area contributed by atoms with Crippen molar-refractivity contribution in [3.63, 3.8) is 0 Å². The molecule has 4 heteroatoms. The molecule has 0 saturated heterocycles. The van der Waals surface area contributed by atoms with Crippen LogP contribution in [0.25, 0.3) is 0 Å². The Bertz CT molecular complexity index is 300. The van der Waals surface area contributed by atoms with Gasteiger partial charge in [-0.3, -0.25) is 4.98 Å². The highest BCUT2D eigenvalue weighted by Crippen LogP contribution is 2.21. The summed E-state index contributed by atoms with van der Waals surface area (Å²) < 4.78 is 0.951. The molecule has 1 unspecified atom stereocenters. The van der Waals surface area contributed by atoms with Gasteiger partial charge in [0.1, 0.15) is 0 Å². The molecule has 0 fully saturated rings. The van der Waals surface area contributed by atoms with Gasteiger partial charge in [-0.15, -0.1) is 0 Å². The van der Waals surface area contributed by atoms with Crippen molar-refractivity contribution in [1.29, 1.82) is 0 Å². The lowest BCUT2D eigenvalue weighted by molar-refractivity contribution is 0.149. The van der Waals surface area contributed by atoms with Crippen LogP contribution in [0.4, 0.5) is 0 Å². The summed E-state index contributed by atoms with van der Waals surface area (Å²) in [5, 5.41) is 9.20. The highest BCUT2D eigenvalue weighted by molar-refractivity contribution is 9.10. The van der Waals surface area contributed by atoms with E-state index in [1.807, 2.05) is 13.0 Å². The zero-order chi connectivity index (χ0) is 10.6. The minimum atomic E-state index is -0.248. The second-order valence-corrected chi connectivity index (χ2v) is 4.78. The van der Waals surface area contributed by atoms with Gasteiger partial charge in [-0.25, -0.2) is 0 Å². The molecule has 3 N–H and O–H groups in total. The summed E-state index contributed by atoms with van der Waals surface area (Å²) in [6.07, 6.45) is 4.28. The SMILES string of the molecule is CC(CN)(CO)Cc1cncc(Br)c1. The third kappa shape index (κ3) is 3.04. The Balaban J connectivity index is 2.77. The Kier molecular flexibility index (Phi) is 4.04. The van der Waals surface area contributed by atoms with Crippen molar-refractivity contribution in [2.75, 3.05) is 13.2 Å². The van der Waals surface area contributed by atoms with E-state index in [1.165, 1.54) is 0 Å². The van der Waals surface area contributed by atoms with Gasteiger partial charge in [0.15, 0.2) is 0 Å². The van der Waals surface area contributed by atoms with Crippen LogP contribution in [0.15, 0.2) is 22.9 Å². The van der Waals surface area contributed by atoms with Crippen LogP contribution >= 0.6 is 15.9 Å². The molecule has 1 rings (SSSR count). The number of pyridine rings is 1. The van der Waals surface area contributed by atoms with Crippen LogP contribution in [0.5, 0.6) is 0 Å². The normalized spacial score (nSPS) is 15.1. The van der Waals surface area contributed by atoms with Gasteiger partial charge in [0, 0.05) is 35.4 Å². The fourth-order valence-corrected chi connectivity index (χ4v) is 1.65. The Morgan fingerprint density at radius 2 is 2.29 bits per heavy atom. The highest BCUT2D eigenvalue weighted by Gasteiger charge is 2.21. The molecular weight excluding hydrogens is 244 g/mol. The van der Waals surface area contributed by atoms with Gasteiger partial charge in [-0.1, -0.05) is 6.92 Å². The summed E-state index contributed by atoms with van der Waals surface area (Å²) in [5.41, 5.74) is 6.45. The molecule has 0 amide bonds. The monoisotopic (exact) mass is 258 g/mol. The van der Waals surface area contributed by atoms with Crippen LogP contribution in [0.3, 0.4) is 0 Å². The molecule has 1 atom stereocenters. The molecule has 1 heterocycles. The fraction of sp³-hybridized carbons (Fsp3) is 0.500. The lowest BCUT2D eigenvalue weighted by atomic mass is 9.85. The number of hydrogen-bond donors (Lipinski definition) is 2. The average molecular weight is 259 g/mol. The third-order valence-electron chi connectivity index (χ3n) is 2.27. The van der Waals surface area contributed by atoms with Gasteiger partial charge in [0.2, 0.25) is 0 Å². The summed E-state index contributed by atoms with van der Waals surface area (Å²) in [6, 6.07) is 2.00. The van der Waals surface area contributed by atoms with Crippen molar-refractivity contribution in [3.05, 3.63) is 28.5 Å². The van der Waals surface area contributed by atoms with Gasteiger partial charge in [-0.2, -0.15) is 0 Å². The van der Waals surface area contributed by atoms with E-state index in [-0.39, 0.29) is 12.0 Å². The van der Waals surface area contributed by atoms with Crippen molar-refractivity contribution in [2.45, 2.75) is 13.3 Å². The lowest BCUT2D eigenvalue weighted by Crippen LogP contribution is -2.33. The van der Waals surface area contributed by atoms with E-state index in [9.17, 15) is 5.11 Å². The summed E-state index contributed by atoms with van der Waals surface area (Å²) in [5.74, 6) is 0. The second-order valence-electron chi connectivity index (χ2n) is 3.86. The van der Waals surface area contributed by atoms with E-state index < -0.39 is 0 Å². The van der Waals surface area contributed by atoms with Gasteiger partial charge in [0.05, 0.1) is 0 Å². The molecule has 78 valence electrons. The number of aliphatic hydroxyl groups is 1. The largest absolute Gasteiger partial charge is 0.396 e. The minimum absolute atomic E-state index is 0.0933. The number of hydrogen-bond acceptors (Lipinski definition) is 3. The zero-order valence-electron chi connectivity index (χ0n) is 8.20. The Morgan fingerprint density at radius 1 is 1.57 bits per heavy atom. The summed E-state index contributed by atoms with van der Waals surface area (Å²) in [7, 11) is 0. The first-order chi connectivity index (χ1) is 6.59. The molecule has 1 aromatic heterocycles. The fourth-order valence-electron chi connectivity index (χ4n) is 1.24. The molecule has 3 nitrogen and oxygen atoms in total. The van der Waals surface area contributed by atoms with Gasteiger partial charge >= 0.3 is 0 Å².